The number of carbonyl (C=O) groups is 2. The lowest BCUT2D eigenvalue weighted by Gasteiger charge is -2.21. The van der Waals surface area contributed by atoms with Crippen LogP contribution < -0.4 is 20.1 Å². The third kappa shape index (κ3) is 8.06. The fraction of sp³-hybridized carbons (Fsp3) is 0.579. The topological polar surface area (TPSA) is 95.1 Å². The van der Waals surface area contributed by atoms with E-state index in [9.17, 15) is 9.59 Å². The first-order valence-corrected chi connectivity index (χ1v) is 9.08. The molecule has 0 atom stereocenters. The lowest BCUT2D eigenvalue weighted by Crippen LogP contribution is -2.41. The molecule has 2 N–H and O–H groups in total. The van der Waals surface area contributed by atoms with Gasteiger partial charge in [0.1, 0.15) is 6.17 Å². The summed E-state index contributed by atoms with van der Waals surface area (Å²) in [6.45, 7) is 8.62. The van der Waals surface area contributed by atoms with Crippen molar-refractivity contribution in [3.63, 3.8) is 0 Å². The molecule has 0 saturated carbocycles. The Balaban J connectivity index is 2.98. The molecule has 1 aromatic rings. The molecule has 1 rings (SSSR count). The summed E-state index contributed by atoms with van der Waals surface area (Å²) >= 11 is 0. The van der Waals surface area contributed by atoms with Gasteiger partial charge in [0.15, 0.2) is 11.5 Å². The van der Waals surface area contributed by atoms with Crippen molar-refractivity contribution in [2.45, 2.75) is 40.3 Å². The van der Waals surface area contributed by atoms with E-state index in [4.69, 9.17) is 18.9 Å². The van der Waals surface area contributed by atoms with Crippen LogP contribution in [0.3, 0.4) is 0 Å². The van der Waals surface area contributed by atoms with Crippen molar-refractivity contribution in [1.82, 2.24) is 10.6 Å². The van der Waals surface area contributed by atoms with E-state index >= 15 is 0 Å². The molecule has 0 aliphatic carbocycles. The Hall–Kier alpha value is -2.64. The third-order valence-electron chi connectivity index (χ3n) is 3.55. The summed E-state index contributed by atoms with van der Waals surface area (Å²) in [6, 6.07) is 5.16. The minimum atomic E-state index is -0.846. The van der Waals surface area contributed by atoms with E-state index < -0.39 is 18.4 Å². The van der Waals surface area contributed by atoms with Gasteiger partial charge in [0.2, 0.25) is 0 Å². The lowest BCUT2D eigenvalue weighted by molar-refractivity contribution is 0.135. The molecule has 152 valence electrons. The number of nitrogens with one attached hydrogen (secondary N) is 2. The first-order valence-electron chi connectivity index (χ1n) is 9.08. The van der Waals surface area contributed by atoms with Crippen LogP contribution in [0.15, 0.2) is 18.2 Å². The monoisotopic (exact) mass is 382 g/mol. The molecule has 0 aliphatic heterocycles. The third-order valence-corrected chi connectivity index (χ3v) is 3.55. The van der Waals surface area contributed by atoms with Crippen LogP contribution in [0.2, 0.25) is 0 Å². The smallest absolute Gasteiger partial charge is 0.409 e. The average Bonchev–Trinajstić information content (AvgIpc) is 2.61. The van der Waals surface area contributed by atoms with E-state index in [-0.39, 0.29) is 13.2 Å². The van der Waals surface area contributed by atoms with Crippen molar-refractivity contribution in [1.29, 1.82) is 0 Å². The van der Waals surface area contributed by atoms with Gasteiger partial charge in [-0.25, -0.2) is 9.59 Å². The van der Waals surface area contributed by atoms with E-state index in [0.717, 1.165) is 6.42 Å². The normalized spacial score (nSPS) is 10.5. The van der Waals surface area contributed by atoms with Crippen molar-refractivity contribution in [2.24, 2.45) is 5.92 Å². The number of amides is 2. The predicted molar refractivity (Wildman–Crippen MR) is 101 cm³/mol. The van der Waals surface area contributed by atoms with E-state index in [1.807, 2.05) is 0 Å². The summed E-state index contributed by atoms with van der Waals surface area (Å²) in [4.78, 5) is 23.6. The maximum Gasteiger partial charge on any atom is 0.409 e. The highest BCUT2D eigenvalue weighted by molar-refractivity contribution is 5.71. The number of hydrogen-bond donors (Lipinski definition) is 2. The van der Waals surface area contributed by atoms with Gasteiger partial charge in [0, 0.05) is 0 Å². The van der Waals surface area contributed by atoms with Gasteiger partial charge in [-0.3, -0.25) is 10.6 Å². The van der Waals surface area contributed by atoms with Crippen LogP contribution in [-0.2, 0) is 9.47 Å². The van der Waals surface area contributed by atoms with Gasteiger partial charge < -0.3 is 18.9 Å². The Kier molecular flexibility index (Phi) is 9.85. The molecule has 0 radical (unpaired) electrons. The fourth-order valence-corrected chi connectivity index (χ4v) is 2.17. The summed E-state index contributed by atoms with van der Waals surface area (Å²) in [5.41, 5.74) is 0.587. The molecule has 0 bridgehead atoms. The molecule has 0 aromatic heterocycles. The first-order chi connectivity index (χ1) is 12.9. The van der Waals surface area contributed by atoms with Crippen LogP contribution in [0.5, 0.6) is 11.5 Å². The molecule has 8 heteroatoms. The summed E-state index contributed by atoms with van der Waals surface area (Å²) in [5.74, 6) is 1.62. The lowest BCUT2D eigenvalue weighted by atomic mass is 10.1. The summed E-state index contributed by atoms with van der Waals surface area (Å²) < 4.78 is 20.9. The second kappa shape index (κ2) is 11.9. The van der Waals surface area contributed by atoms with E-state index in [1.54, 1.807) is 32.0 Å². The number of ether oxygens (including phenoxy) is 4. The largest absolute Gasteiger partial charge is 0.493 e. The highest BCUT2D eigenvalue weighted by atomic mass is 16.6. The number of methoxy groups -OCH3 is 1. The number of benzene rings is 1. The van der Waals surface area contributed by atoms with Crippen LogP contribution in [0, 0.1) is 5.92 Å². The summed E-state index contributed by atoms with van der Waals surface area (Å²) in [5, 5.41) is 5.17. The van der Waals surface area contributed by atoms with Crippen molar-refractivity contribution >= 4 is 12.2 Å². The van der Waals surface area contributed by atoms with Gasteiger partial charge in [-0.15, -0.1) is 0 Å². The molecule has 1 aromatic carbocycles. The molecule has 0 saturated heterocycles. The molecule has 0 aliphatic rings. The molecular formula is C19H30N2O6. The first kappa shape index (κ1) is 22.4. The maximum absolute atomic E-state index is 11.8. The minimum absolute atomic E-state index is 0.212. The second-order valence-electron chi connectivity index (χ2n) is 6.10. The second-order valence-corrected chi connectivity index (χ2v) is 6.10. The number of alkyl carbamates (subject to hydrolysis) is 2. The molecule has 0 heterocycles. The van der Waals surface area contributed by atoms with Crippen LogP contribution >= 0.6 is 0 Å². The predicted octanol–water partition coefficient (Wildman–Crippen LogP) is 3.61. The Labute approximate surface area is 160 Å². The van der Waals surface area contributed by atoms with Crippen molar-refractivity contribution in [3.05, 3.63) is 23.8 Å². The molecule has 8 nitrogen and oxygen atoms in total. The maximum atomic E-state index is 11.8. The molecule has 0 unspecified atom stereocenters. The van der Waals surface area contributed by atoms with Gasteiger partial charge in [0.25, 0.3) is 0 Å². The average molecular weight is 382 g/mol. The van der Waals surface area contributed by atoms with Crippen LogP contribution in [0.1, 0.15) is 45.8 Å². The highest BCUT2D eigenvalue weighted by Crippen LogP contribution is 2.30. The molecule has 0 spiro atoms. The van der Waals surface area contributed by atoms with Gasteiger partial charge in [-0.05, 0) is 43.9 Å². The molecule has 27 heavy (non-hydrogen) atoms. The van der Waals surface area contributed by atoms with E-state index in [2.05, 4.69) is 24.5 Å². The van der Waals surface area contributed by atoms with Gasteiger partial charge in [-0.2, -0.15) is 0 Å². The zero-order chi connectivity index (χ0) is 20.2. The fourth-order valence-electron chi connectivity index (χ4n) is 2.17. The zero-order valence-electron chi connectivity index (χ0n) is 16.7. The van der Waals surface area contributed by atoms with Crippen LogP contribution in [0.4, 0.5) is 9.59 Å². The standard InChI is InChI=1S/C19H30N2O6/c1-6-25-18(22)20-17(21-19(23)26-7-2)14-8-9-15(16(12-14)24-5)27-11-10-13(3)4/h8-9,12-13,17H,6-7,10-11H2,1-5H3,(H,20,22)(H,21,23). The van der Waals surface area contributed by atoms with Gasteiger partial charge in [-0.1, -0.05) is 19.9 Å². The van der Waals surface area contributed by atoms with Gasteiger partial charge in [0.05, 0.1) is 26.9 Å². The molecular weight excluding hydrogens is 352 g/mol. The number of carbonyl (C=O) groups excluding carboxylic acids is 2. The Morgan fingerprint density at radius 2 is 1.59 bits per heavy atom. The molecule has 0 fully saturated rings. The van der Waals surface area contributed by atoms with Crippen molar-refractivity contribution in [3.8, 4) is 11.5 Å². The van der Waals surface area contributed by atoms with E-state index in [1.165, 1.54) is 7.11 Å². The van der Waals surface area contributed by atoms with Crippen LogP contribution in [-0.4, -0.2) is 39.1 Å². The Bertz CT molecular complexity index is 586. The van der Waals surface area contributed by atoms with Crippen LogP contribution in [0.25, 0.3) is 0 Å². The summed E-state index contributed by atoms with van der Waals surface area (Å²) in [7, 11) is 1.53. The quantitative estimate of drug-likeness (QED) is 0.600. The van der Waals surface area contributed by atoms with E-state index in [0.29, 0.717) is 29.6 Å². The molecule has 2 amide bonds. The Morgan fingerprint density at radius 1 is 1.00 bits per heavy atom. The van der Waals surface area contributed by atoms with Crippen molar-refractivity contribution < 1.29 is 28.5 Å². The zero-order valence-corrected chi connectivity index (χ0v) is 16.7. The number of hydrogen-bond acceptors (Lipinski definition) is 6. The highest BCUT2D eigenvalue weighted by Gasteiger charge is 2.20. The minimum Gasteiger partial charge on any atom is -0.493 e. The van der Waals surface area contributed by atoms with Gasteiger partial charge >= 0.3 is 12.2 Å². The van der Waals surface area contributed by atoms with Crippen molar-refractivity contribution in [2.75, 3.05) is 26.9 Å². The number of rotatable bonds is 10. The SMILES string of the molecule is CCOC(=O)NC(NC(=O)OCC)c1ccc(OCCC(C)C)c(OC)c1. The Morgan fingerprint density at radius 3 is 2.07 bits per heavy atom. The summed E-state index contributed by atoms with van der Waals surface area (Å²) in [6.07, 6.45) is -1.24.